The van der Waals surface area contributed by atoms with Crippen molar-refractivity contribution >= 4 is 22.6 Å². The van der Waals surface area contributed by atoms with Crippen LogP contribution in [0.1, 0.15) is 30.2 Å². The van der Waals surface area contributed by atoms with Crippen molar-refractivity contribution in [1.82, 2.24) is 14.3 Å². The van der Waals surface area contributed by atoms with Gasteiger partial charge in [-0.25, -0.2) is 4.68 Å². The van der Waals surface area contributed by atoms with Gasteiger partial charge in [0.15, 0.2) is 11.5 Å². The summed E-state index contributed by atoms with van der Waals surface area (Å²) in [5.41, 5.74) is 4.61. The van der Waals surface area contributed by atoms with Gasteiger partial charge in [0, 0.05) is 35.7 Å². The number of carbonyl (C=O) groups is 1. The molecule has 0 saturated carbocycles. The minimum absolute atomic E-state index is 0.0817. The number of rotatable bonds is 6. The third kappa shape index (κ3) is 4.16. The van der Waals surface area contributed by atoms with Crippen LogP contribution in [0.2, 0.25) is 0 Å². The highest BCUT2D eigenvalue weighted by molar-refractivity contribution is 5.91. The number of carbonyl (C=O) groups excluding carboxylic acids is 1. The lowest BCUT2D eigenvalue weighted by molar-refractivity contribution is -0.116. The zero-order chi connectivity index (χ0) is 24.5. The van der Waals surface area contributed by atoms with Crippen molar-refractivity contribution in [2.45, 2.75) is 40.2 Å². The molecular formula is C27H28N4O4. The van der Waals surface area contributed by atoms with E-state index in [1.54, 1.807) is 22.8 Å². The van der Waals surface area contributed by atoms with E-state index in [-0.39, 0.29) is 17.9 Å². The topological polar surface area (TPSA) is 87.4 Å². The lowest BCUT2D eigenvalue weighted by Crippen LogP contribution is -2.27. The molecule has 8 heteroatoms. The first-order chi connectivity index (χ1) is 17.0. The number of aromatic nitrogens is 3. The largest absolute Gasteiger partial charge is 0.486 e. The number of ether oxygens (including phenoxy) is 2. The van der Waals surface area contributed by atoms with Crippen LogP contribution in [0, 0.1) is 13.8 Å². The van der Waals surface area contributed by atoms with E-state index < -0.39 is 0 Å². The number of pyridine rings is 1. The summed E-state index contributed by atoms with van der Waals surface area (Å²) in [6.45, 7) is 7.35. The number of fused-ring (bicyclic) bond motifs is 2. The van der Waals surface area contributed by atoms with Crippen molar-refractivity contribution in [3.05, 3.63) is 75.7 Å². The Bertz CT molecular complexity index is 1470. The molecule has 180 valence electrons. The van der Waals surface area contributed by atoms with Gasteiger partial charge in [-0.15, -0.1) is 0 Å². The van der Waals surface area contributed by atoms with Crippen molar-refractivity contribution in [1.29, 1.82) is 0 Å². The van der Waals surface area contributed by atoms with E-state index in [1.165, 1.54) is 0 Å². The van der Waals surface area contributed by atoms with Crippen LogP contribution in [0.4, 0.5) is 5.69 Å². The zero-order valence-electron chi connectivity index (χ0n) is 20.1. The highest BCUT2D eigenvalue weighted by Gasteiger charge is 2.21. The molecule has 0 atom stereocenters. The summed E-state index contributed by atoms with van der Waals surface area (Å²) >= 11 is 0. The number of hydrogen-bond donors (Lipinski definition) is 1. The van der Waals surface area contributed by atoms with E-state index >= 15 is 0 Å². The molecule has 3 heterocycles. The van der Waals surface area contributed by atoms with Gasteiger partial charge < -0.3 is 14.8 Å². The van der Waals surface area contributed by atoms with E-state index in [4.69, 9.17) is 14.6 Å². The number of nitrogens with one attached hydrogen (secondary N) is 1. The Morgan fingerprint density at radius 2 is 1.80 bits per heavy atom. The second-order valence-electron chi connectivity index (χ2n) is 8.59. The van der Waals surface area contributed by atoms with Crippen molar-refractivity contribution in [3.8, 4) is 17.2 Å². The van der Waals surface area contributed by atoms with Gasteiger partial charge in [0.25, 0.3) is 5.56 Å². The fourth-order valence-electron chi connectivity index (χ4n) is 4.69. The summed E-state index contributed by atoms with van der Waals surface area (Å²) in [6.07, 6.45) is 0.526. The van der Waals surface area contributed by atoms with E-state index in [1.807, 2.05) is 55.8 Å². The third-order valence-corrected chi connectivity index (χ3v) is 6.37. The second kappa shape index (κ2) is 9.29. The van der Waals surface area contributed by atoms with Gasteiger partial charge in [-0.3, -0.25) is 14.2 Å². The number of hydrogen-bond acceptors (Lipinski definition) is 5. The van der Waals surface area contributed by atoms with Crippen LogP contribution < -0.4 is 20.3 Å². The molecule has 0 aliphatic carbocycles. The van der Waals surface area contributed by atoms with Gasteiger partial charge in [0.1, 0.15) is 18.9 Å². The molecule has 0 bridgehead atoms. The Morgan fingerprint density at radius 3 is 2.54 bits per heavy atom. The Morgan fingerprint density at radius 1 is 1.06 bits per heavy atom. The van der Waals surface area contributed by atoms with Gasteiger partial charge in [-0.1, -0.05) is 18.2 Å². The molecule has 1 amide bonds. The molecule has 0 unspecified atom stereocenters. The second-order valence-corrected chi connectivity index (χ2v) is 8.59. The molecule has 2 aromatic carbocycles. The fourth-order valence-corrected chi connectivity index (χ4v) is 4.69. The van der Waals surface area contributed by atoms with Gasteiger partial charge >= 0.3 is 0 Å². The number of amides is 1. The van der Waals surface area contributed by atoms with Crippen LogP contribution in [0.25, 0.3) is 16.7 Å². The van der Waals surface area contributed by atoms with Crippen molar-refractivity contribution in [3.63, 3.8) is 0 Å². The monoisotopic (exact) mass is 472 g/mol. The molecule has 0 spiro atoms. The van der Waals surface area contributed by atoms with Crippen molar-refractivity contribution in [2.75, 3.05) is 18.5 Å². The summed E-state index contributed by atoms with van der Waals surface area (Å²) in [7, 11) is 0. The maximum Gasteiger partial charge on any atom is 0.255 e. The fraction of sp³-hybridized carbons (Fsp3) is 0.296. The maximum absolute atomic E-state index is 13.5. The summed E-state index contributed by atoms with van der Waals surface area (Å²) < 4.78 is 14.7. The van der Waals surface area contributed by atoms with Crippen LogP contribution in [-0.4, -0.2) is 33.5 Å². The van der Waals surface area contributed by atoms with Crippen LogP contribution in [0.5, 0.6) is 11.5 Å². The molecule has 1 aliphatic heterocycles. The molecule has 0 radical (unpaired) electrons. The molecule has 1 aliphatic rings. The highest BCUT2D eigenvalue weighted by atomic mass is 16.6. The number of aryl methyl sites for hydroxylation is 3. The molecule has 35 heavy (non-hydrogen) atoms. The molecule has 2 aromatic heterocycles. The Balaban J connectivity index is 1.43. The molecule has 4 aromatic rings. The first-order valence-corrected chi connectivity index (χ1v) is 11.8. The zero-order valence-corrected chi connectivity index (χ0v) is 20.1. The minimum atomic E-state index is -0.166. The third-order valence-electron chi connectivity index (χ3n) is 6.37. The summed E-state index contributed by atoms with van der Waals surface area (Å²) in [5.74, 6) is 1.12. The predicted octanol–water partition coefficient (Wildman–Crippen LogP) is 4.17. The van der Waals surface area contributed by atoms with Gasteiger partial charge in [0.2, 0.25) is 5.91 Å². The molecule has 0 saturated heterocycles. The number of benzene rings is 2. The molecule has 0 fully saturated rings. The standard InChI is InChI=1S/C27H28N4O4/c1-4-30-26-25(18(3)29-31(26)20-8-6-5-7-9-20)17(2)21(27(30)33)11-13-24(32)28-19-10-12-22-23(16-19)35-15-14-34-22/h5-10,12,16H,4,11,13-15H2,1-3H3,(H,28,32). The van der Waals surface area contributed by atoms with Crippen LogP contribution >= 0.6 is 0 Å². The summed E-state index contributed by atoms with van der Waals surface area (Å²) in [5, 5.41) is 8.61. The average Bonchev–Trinajstić information content (AvgIpc) is 3.21. The Hall–Kier alpha value is -4.07. The van der Waals surface area contributed by atoms with Gasteiger partial charge in [0.05, 0.1) is 11.4 Å². The maximum atomic E-state index is 13.5. The van der Waals surface area contributed by atoms with Crippen LogP contribution in [0.15, 0.2) is 53.3 Å². The van der Waals surface area contributed by atoms with Gasteiger partial charge in [-0.2, -0.15) is 5.10 Å². The van der Waals surface area contributed by atoms with E-state index in [0.717, 1.165) is 28.0 Å². The normalized spacial score (nSPS) is 12.7. The summed E-state index contributed by atoms with van der Waals surface area (Å²) in [4.78, 5) is 26.3. The lowest BCUT2D eigenvalue weighted by Gasteiger charge is -2.19. The van der Waals surface area contributed by atoms with E-state index in [2.05, 4.69) is 5.32 Å². The number of nitrogens with zero attached hydrogens (tertiary/aromatic N) is 3. The smallest absolute Gasteiger partial charge is 0.255 e. The van der Waals surface area contributed by atoms with Gasteiger partial charge in [-0.05, 0) is 57.0 Å². The Kier molecular flexibility index (Phi) is 6.03. The minimum Gasteiger partial charge on any atom is -0.486 e. The lowest BCUT2D eigenvalue weighted by atomic mass is 10.0. The predicted molar refractivity (Wildman–Crippen MR) is 135 cm³/mol. The average molecular weight is 473 g/mol. The number of para-hydroxylation sites is 1. The molecule has 1 N–H and O–H groups in total. The number of anilines is 1. The molecule has 5 rings (SSSR count). The van der Waals surface area contributed by atoms with E-state index in [9.17, 15) is 9.59 Å². The first-order valence-electron chi connectivity index (χ1n) is 11.8. The summed E-state index contributed by atoms with van der Waals surface area (Å²) in [6, 6.07) is 15.1. The SMILES string of the molecule is CCn1c(=O)c(CCC(=O)Nc2ccc3c(c2)OCCO3)c(C)c2c(C)nn(-c3ccccc3)c21. The quantitative estimate of drug-likeness (QED) is 0.455. The van der Waals surface area contributed by atoms with Crippen molar-refractivity contribution in [2.24, 2.45) is 0 Å². The van der Waals surface area contributed by atoms with E-state index in [0.29, 0.717) is 48.9 Å². The highest BCUT2D eigenvalue weighted by Crippen LogP contribution is 2.32. The Labute approximate surface area is 203 Å². The van der Waals surface area contributed by atoms with Crippen molar-refractivity contribution < 1.29 is 14.3 Å². The van der Waals surface area contributed by atoms with Crippen LogP contribution in [0.3, 0.4) is 0 Å². The van der Waals surface area contributed by atoms with Crippen LogP contribution in [-0.2, 0) is 17.8 Å². The molecule has 8 nitrogen and oxygen atoms in total. The first kappa shape index (κ1) is 22.7. The molecular weight excluding hydrogens is 444 g/mol.